The Labute approximate surface area is 134 Å². The number of para-hydroxylation sites is 1. The van der Waals surface area contributed by atoms with Crippen LogP contribution in [-0.4, -0.2) is 13.3 Å². The first kappa shape index (κ1) is 16.2. The van der Waals surface area contributed by atoms with E-state index in [0.29, 0.717) is 16.5 Å². The van der Waals surface area contributed by atoms with E-state index in [0.717, 1.165) is 16.7 Å². The number of rotatable bonds is 4. The van der Waals surface area contributed by atoms with E-state index >= 15 is 0 Å². The second-order valence-corrected chi connectivity index (χ2v) is 5.23. The molecule has 0 aromatic heterocycles. The Bertz CT molecular complexity index is 682. The average molecular weight is 321 g/mol. The summed E-state index contributed by atoms with van der Waals surface area (Å²) < 4.78 is 15.3. The van der Waals surface area contributed by atoms with E-state index in [2.05, 4.69) is 4.74 Å². The summed E-state index contributed by atoms with van der Waals surface area (Å²) in [5.41, 5.74) is 2.92. The van der Waals surface area contributed by atoms with Crippen LogP contribution in [0, 0.1) is 13.8 Å². The van der Waals surface area contributed by atoms with Crippen LogP contribution >= 0.6 is 11.6 Å². The Morgan fingerprint density at radius 1 is 1.09 bits per heavy atom. The molecule has 0 bridgehead atoms. The highest BCUT2D eigenvalue weighted by atomic mass is 35.5. The predicted octanol–water partition coefficient (Wildman–Crippen LogP) is 4.68. The van der Waals surface area contributed by atoms with Crippen molar-refractivity contribution in [1.82, 2.24) is 0 Å². The molecule has 0 spiro atoms. The topological polar surface area (TPSA) is 44.8 Å². The standard InChI is InChI=1S/C17H17ClO4/c1-11-8-14(18)16(9-12(11)2)21-10-13-6-4-5-7-15(13)22-17(19)20-3/h4-9H,10H2,1-3H3. The van der Waals surface area contributed by atoms with Gasteiger partial charge in [0.25, 0.3) is 0 Å². The molecule has 2 aromatic rings. The molecule has 0 unspecified atom stereocenters. The van der Waals surface area contributed by atoms with E-state index in [-0.39, 0.29) is 6.61 Å². The number of hydrogen-bond donors (Lipinski definition) is 0. The molecule has 0 amide bonds. The van der Waals surface area contributed by atoms with E-state index in [4.69, 9.17) is 21.1 Å². The van der Waals surface area contributed by atoms with E-state index in [1.807, 2.05) is 38.1 Å². The molecule has 0 heterocycles. The summed E-state index contributed by atoms with van der Waals surface area (Å²) >= 11 is 6.18. The summed E-state index contributed by atoms with van der Waals surface area (Å²) in [6.45, 7) is 4.21. The molecule has 0 radical (unpaired) electrons. The molecule has 0 atom stereocenters. The normalized spacial score (nSPS) is 10.2. The van der Waals surface area contributed by atoms with E-state index in [1.54, 1.807) is 12.1 Å². The van der Waals surface area contributed by atoms with E-state index in [1.165, 1.54) is 7.11 Å². The predicted molar refractivity (Wildman–Crippen MR) is 84.7 cm³/mol. The van der Waals surface area contributed by atoms with Gasteiger partial charge >= 0.3 is 6.16 Å². The van der Waals surface area contributed by atoms with Gasteiger partial charge in [0.2, 0.25) is 0 Å². The molecular formula is C17H17ClO4. The third-order valence-electron chi connectivity index (χ3n) is 3.26. The molecule has 4 nitrogen and oxygen atoms in total. The second kappa shape index (κ2) is 7.18. The molecule has 0 N–H and O–H groups in total. The van der Waals surface area contributed by atoms with Gasteiger partial charge in [-0.05, 0) is 43.2 Å². The Hall–Kier alpha value is -2.20. The fourth-order valence-electron chi connectivity index (χ4n) is 1.87. The van der Waals surface area contributed by atoms with Crippen molar-refractivity contribution < 1.29 is 19.0 Å². The fraction of sp³-hybridized carbons (Fsp3) is 0.235. The van der Waals surface area contributed by atoms with Gasteiger partial charge in [0.15, 0.2) is 0 Å². The third kappa shape index (κ3) is 3.92. The molecule has 0 aliphatic heterocycles. The van der Waals surface area contributed by atoms with Crippen LogP contribution in [0.3, 0.4) is 0 Å². The van der Waals surface area contributed by atoms with Crippen LogP contribution in [0.4, 0.5) is 4.79 Å². The van der Waals surface area contributed by atoms with Crippen molar-refractivity contribution in [3.8, 4) is 11.5 Å². The van der Waals surface area contributed by atoms with Crippen molar-refractivity contribution in [3.63, 3.8) is 0 Å². The van der Waals surface area contributed by atoms with Crippen molar-refractivity contribution in [2.45, 2.75) is 20.5 Å². The lowest BCUT2D eigenvalue weighted by Crippen LogP contribution is -2.09. The zero-order valence-electron chi connectivity index (χ0n) is 12.7. The average Bonchev–Trinajstić information content (AvgIpc) is 2.50. The maximum Gasteiger partial charge on any atom is 0.513 e. The Balaban J connectivity index is 2.15. The van der Waals surface area contributed by atoms with Gasteiger partial charge in [0.05, 0.1) is 12.1 Å². The number of aryl methyl sites for hydroxylation is 2. The van der Waals surface area contributed by atoms with Crippen LogP contribution in [-0.2, 0) is 11.3 Å². The summed E-state index contributed by atoms with van der Waals surface area (Å²) in [6, 6.07) is 10.9. The first-order chi connectivity index (χ1) is 10.5. The van der Waals surface area contributed by atoms with Gasteiger partial charge in [0, 0.05) is 5.56 Å². The van der Waals surface area contributed by atoms with E-state index < -0.39 is 6.16 Å². The monoisotopic (exact) mass is 320 g/mol. The zero-order valence-corrected chi connectivity index (χ0v) is 13.4. The summed E-state index contributed by atoms with van der Waals surface area (Å²) in [4.78, 5) is 11.2. The number of hydrogen-bond acceptors (Lipinski definition) is 4. The van der Waals surface area contributed by atoms with Crippen molar-refractivity contribution in [2.75, 3.05) is 7.11 Å². The highest BCUT2D eigenvalue weighted by molar-refractivity contribution is 6.32. The minimum Gasteiger partial charge on any atom is -0.487 e. The lowest BCUT2D eigenvalue weighted by atomic mass is 10.1. The van der Waals surface area contributed by atoms with Crippen LogP contribution in [0.1, 0.15) is 16.7 Å². The Kier molecular flexibility index (Phi) is 5.28. The molecule has 0 saturated heterocycles. The zero-order chi connectivity index (χ0) is 16.1. The van der Waals surface area contributed by atoms with Crippen LogP contribution in [0.25, 0.3) is 0 Å². The first-order valence-corrected chi connectivity index (χ1v) is 7.12. The largest absolute Gasteiger partial charge is 0.513 e. The number of ether oxygens (including phenoxy) is 3. The van der Waals surface area contributed by atoms with E-state index in [9.17, 15) is 4.79 Å². The second-order valence-electron chi connectivity index (χ2n) is 4.82. The maximum atomic E-state index is 11.2. The molecule has 2 aromatic carbocycles. The number of methoxy groups -OCH3 is 1. The van der Waals surface area contributed by atoms with Crippen LogP contribution in [0.5, 0.6) is 11.5 Å². The molecule has 22 heavy (non-hydrogen) atoms. The summed E-state index contributed by atoms with van der Waals surface area (Å²) in [6.07, 6.45) is -0.767. The third-order valence-corrected chi connectivity index (χ3v) is 3.56. The van der Waals surface area contributed by atoms with Gasteiger partial charge in [-0.2, -0.15) is 0 Å². The van der Waals surface area contributed by atoms with Gasteiger partial charge in [0.1, 0.15) is 18.1 Å². The molecule has 116 valence electrons. The molecule has 0 aliphatic rings. The lowest BCUT2D eigenvalue weighted by Gasteiger charge is -2.13. The SMILES string of the molecule is COC(=O)Oc1ccccc1COc1cc(C)c(C)cc1Cl. The van der Waals surface area contributed by atoms with Crippen LogP contribution in [0.15, 0.2) is 36.4 Å². The number of carbonyl (C=O) groups is 1. The van der Waals surface area contributed by atoms with Crippen molar-refractivity contribution in [2.24, 2.45) is 0 Å². The summed E-state index contributed by atoms with van der Waals surface area (Å²) in [5.74, 6) is 0.993. The van der Waals surface area contributed by atoms with Crippen molar-refractivity contribution in [1.29, 1.82) is 0 Å². The quantitative estimate of drug-likeness (QED) is 0.606. The highest BCUT2D eigenvalue weighted by Crippen LogP contribution is 2.29. The summed E-state index contributed by atoms with van der Waals surface area (Å²) in [5, 5.41) is 0.550. The smallest absolute Gasteiger partial charge is 0.487 e. The minimum atomic E-state index is -0.767. The van der Waals surface area contributed by atoms with Crippen LogP contribution in [0.2, 0.25) is 5.02 Å². The van der Waals surface area contributed by atoms with Gasteiger partial charge in [-0.25, -0.2) is 4.79 Å². The number of halogens is 1. The highest BCUT2D eigenvalue weighted by Gasteiger charge is 2.11. The number of benzene rings is 2. The van der Waals surface area contributed by atoms with Gasteiger partial charge in [-0.1, -0.05) is 29.8 Å². The number of carbonyl (C=O) groups excluding carboxylic acids is 1. The lowest BCUT2D eigenvalue weighted by molar-refractivity contribution is 0.120. The van der Waals surface area contributed by atoms with Gasteiger partial charge in [-0.15, -0.1) is 0 Å². The van der Waals surface area contributed by atoms with Gasteiger partial charge < -0.3 is 14.2 Å². The molecule has 5 heteroatoms. The Morgan fingerprint density at radius 3 is 2.50 bits per heavy atom. The summed E-state index contributed by atoms with van der Waals surface area (Å²) in [7, 11) is 1.26. The van der Waals surface area contributed by atoms with Gasteiger partial charge in [-0.3, -0.25) is 0 Å². The Morgan fingerprint density at radius 2 is 1.77 bits per heavy atom. The molecule has 0 fully saturated rings. The molecule has 0 aliphatic carbocycles. The molecule has 0 saturated carbocycles. The molecule has 2 rings (SSSR count). The van der Waals surface area contributed by atoms with Crippen LogP contribution < -0.4 is 9.47 Å². The van der Waals surface area contributed by atoms with Crippen molar-refractivity contribution >= 4 is 17.8 Å². The molecular weight excluding hydrogens is 304 g/mol. The first-order valence-electron chi connectivity index (χ1n) is 6.74. The fourth-order valence-corrected chi connectivity index (χ4v) is 2.15. The minimum absolute atomic E-state index is 0.232. The maximum absolute atomic E-state index is 11.2. The van der Waals surface area contributed by atoms with Crippen molar-refractivity contribution in [3.05, 3.63) is 58.1 Å².